The van der Waals surface area contributed by atoms with Gasteiger partial charge in [0.15, 0.2) is 0 Å². The molecule has 1 N–H and O–H groups in total. The molecule has 2 atom stereocenters. The van der Waals surface area contributed by atoms with Gasteiger partial charge in [-0.05, 0) is 60.5 Å². The summed E-state index contributed by atoms with van der Waals surface area (Å²) in [5, 5.41) is 13.0. The maximum atomic E-state index is 13.3. The summed E-state index contributed by atoms with van der Waals surface area (Å²) in [5.41, 5.74) is 1.59. The average molecular weight is 494 g/mol. The fraction of sp³-hybridized carbons (Fsp3) is 0.280. The van der Waals surface area contributed by atoms with Crippen molar-refractivity contribution in [3.05, 3.63) is 98.7 Å². The van der Waals surface area contributed by atoms with Gasteiger partial charge >= 0.3 is 0 Å². The van der Waals surface area contributed by atoms with E-state index >= 15 is 0 Å². The van der Waals surface area contributed by atoms with Gasteiger partial charge in [-0.3, -0.25) is 4.90 Å². The molecule has 4 rings (SSSR count). The van der Waals surface area contributed by atoms with Crippen LogP contribution in [0.1, 0.15) is 24.1 Å². The summed E-state index contributed by atoms with van der Waals surface area (Å²) in [7, 11) is 0. The average Bonchev–Trinajstić information content (AvgIpc) is 2.75. The van der Waals surface area contributed by atoms with E-state index in [1.807, 2.05) is 36.4 Å². The number of nitrogens with zero attached hydrogens (tertiary/aromatic N) is 2. The molecule has 0 bridgehead atoms. The van der Waals surface area contributed by atoms with E-state index in [0.29, 0.717) is 40.3 Å². The lowest BCUT2D eigenvalue weighted by Crippen LogP contribution is -2.52. The molecule has 3 aromatic rings. The zero-order valence-electron chi connectivity index (χ0n) is 17.6. The van der Waals surface area contributed by atoms with E-state index in [1.54, 1.807) is 25.1 Å². The third kappa shape index (κ3) is 5.22. The van der Waals surface area contributed by atoms with Crippen LogP contribution in [-0.4, -0.2) is 36.2 Å². The summed E-state index contributed by atoms with van der Waals surface area (Å²) in [6.45, 7) is 4.32. The first-order valence-corrected chi connectivity index (χ1v) is 11.5. The van der Waals surface area contributed by atoms with E-state index in [1.165, 1.54) is 12.1 Å². The molecule has 0 aromatic heterocycles. The standard InChI is InChI=1S/C25H24Cl3FN2O/c1-25(32,18-4-9-21(29)10-5-18)16-30-12-13-31(23-11-8-20(27)14-22(23)28)24(15-30)17-2-6-19(26)7-3-17/h2-11,14,24,32H,12-13,15-16H2,1H3/t24-,25+/m0/s1. The van der Waals surface area contributed by atoms with E-state index in [-0.39, 0.29) is 11.9 Å². The van der Waals surface area contributed by atoms with Crippen molar-refractivity contribution in [3.8, 4) is 0 Å². The SMILES string of the molecule is C[C@@](O)(CN1CCN(c2ccc(Cl)cc2Cl)[C@H](c2ccc(Cl)cc2)C1)c1ccc(F)cc1. The van der Waals surface area contributed by atoms with Crippen molar-refractivity contribution in [2.45, 2.75) is 18.6 Å². The molecule has 3 aromatic carbocycles. The minimum absolute atomic E-state index is 0.00344. The van der Waals surface area contributed by atoms with Crippen molar-refractivity contribution in [1.29, 1.82) is 0 Å². The van der Waals surface area contributed by atoms with Crippen LogP contribution in [0.25, 0.3) is 0 Å². The van der Waals surface area contributed by atoms with Gasteiger partial charge in [0, 0.05) is 36.2 Å². The first-order chi connectivity index (χ1) is 15.2. The number of hydrogen-bond donors (Lipinski definition) is 1. The molecular weight excluding hydrogens is 470 g/mol. The predicted molar refractivity (Wildman–Crippen MR) is 130 cm³/mol. The van der Waals surface area contributed by atoms with Gasteiger partial charge in [0.25, 0.3) is 0 Å². The zero-order valence-corrected chi connectivity index (χ0v) is 19.9. The van der Waals surface area contributed by atoms with Gasteiger partial charge in [-0.15, -0.1) is 0 Å². The second-order valence-electron chi connectivity index (χ2n) is 8.37. The smallest absolute Gasteiger partial charge is 0.123 e. The molecule has 1 fully saturated rings. The van der Waals surface area contributed by atoms with Crippen LogP contribution in [0.2, 0.25) is 15.1 Å². The molecule has 0 amide bonds. The summed E-state index contributed by atoms with van der Waals surface area (Å²) in [4.78, 5) is 4.49. The van der Waals surface area contributed by atoms with Crippen molar-refractivity contribution < 1.29 is 9.50 Å². The number of β-amino-alcohol motifs (C(OH)–C–C–N with tert-alkyl or cyclic N) is 1. The van der Waals surface area contributed by atoms with Gasteiger partial charge in [0.05, 0.1) is 22.4 Å². The van der Waals surface area contributed by atoms with Crippen molar-refractivity contribution in [1.82, 2.24) is 4.90 Å². The lowest BCUT2D eigenvalue weighted by Gasteiger charge is -2.45. The maximum absolute atomic E-state index is 13.3. The summed E-state index contributed by atoms with van der Waals surface area (Å²) < 4.78 is 13.3. The molecule has 0 spiro atoms. The second-order valence-corrected chi connectivity index (χ2v) is 9.65. The highest BCUT2D eigenvalue weighted by Crippen LogP contribution is 2.37. The van der Waals surface area contributed by atoms with Crippen LogP contribution in [0.4, 0.5) is 10.1 Å². The van der Waals surface area contributed by atoms with Crippen LogP contribution in [0, 0.1) is 5.82 Å². The lowest BCUT2D eigenvalue weighted by atomic mass is 9.94. The number of anilines is 1. The fourth-order valence-corrected chi connectivity index (χ4v) is 4.93. The van der Waals surface area contributed by atoms with E-state index in [4.69, 9.17) is 34.8 Å². The fourth-order valence-electron chi connectivity index (χ4n) is 4.29. The number of aliphatic hydroxyl groups is 1. The van der Waals surface area contributed by atoms with Gasteiger partial charge in [-0.2, -0.15) is 0 Å². The van der Waals surface area contributed by atoms with Crippen molar-refractivity contribution in [3.63, 3.8) is 0 Å². The Morgan fingerprint density at radius 1 is 0.938 bits per heavy atom. The third-order valence-corrected chi connectivity index (χ3v) is 6.73. The number of halogens is 4. The molecular formula is C25H24Cl3FN2O. The highest BCUT2D eigenvalue weighted by molar-refractivity contribution is 6.36. The summed E-state index contributed by atoms with van der Waals surface area (Å²) in [6, 6.07) is 19.4. The van der Waals surface area contributed by atoms with Crippen molar-refractivity contribution in [2.75, 3.05) is 31.1 Å². The monoisotopic (exact) mass is 492 g/mol. The Morgan fingerprint density at radius 2 is 1.59 bits per heavy atom. The molecule has 0 unspecified atom stereocenters. The largest absolute Gasteiger partial charge is 0.384 e. The quantitative estimate of drug-likeness (QED) is 0.436. The molecule has 168 valence electrons. The van der Waals surface area contributed by atoms with Gasteiger partial charge in [0.1, 0.15) is 5.82 Å². The van der Waals surface area contributed by atoms with E-state index in [2.05, 4.69) is 9.80 Å². The first kappa shape index (κ1) is 23.3. The first-order valence-electron chi connectivity index (χ1n) is 10.4. The van der Waals surface area contributed by atoms with Crippen LogP contribution >= 0.6 is 34.8 Å². The van der Waals surface area contributed by atoms with Crippen LogP contribution in [0.15, 0.2) is 66.7 Å². The van der Waals surface area contributed by atoms with E-state index < -0.39 is 5.60 Å². The van der Waals surface area contributed by atoms with Crippen LogP contribution < -0.4 is 4.90 Å². The zero-order chi connectivity index (χ0) is 22.9. The van der Waals surface area contributed by atoms with Crippen LogP contribution in [-0.2, 0) is 5.60 Å². The number of hydrogen-bond acceptors (Lipinski definition) is 3. The molecule has 0 saturated carbocycles. The molecule has 3 nitrogen and oxygen atoms in total. The number of piperazine rings is 1. The molecule has 7 heteroatoms. The Morgan fingerprint density at radius 3 is 2.25 bits per heavy atom. The Labute approximate surface area is 202 Å². The van der Waals surface area contributed by atoms with E-state index in [9.17, 15) is 9.50 Å². The van der Waals surface area contributed by atoms with Crippen molar-refractivity contribution >= 4 is 40.5 Å². The maximum Gasteiger partial charge on any atom is 0.123 e. The van der Waals surface area contributed by atoms with Gasteiger partial charge < -0.3 is 10.0 Å². The highest BCUT2D eigenvalue weighted by atomic mass is 35.5. The predicted octanol–water partition coefficient (Wildman–Crippen LogP) is 6.56. The Bertz CT molecular complexity index is 1070. The normalized spacial score (nSPS) is 19.1. The summed E-state index contributed by atoms with van der Waals surface area (Å²) >= 11 is 18.8. The molecule has 1 heterocycles. The van der Waals surface area contributed by atoms with E-state index in [0.717, 1.165) is 17.8 Å². The molecule has 0 radical (unpaired) electrons. The highest BCUT2D eigenvalue weighted by Gasteiger charge is 2.34. The second kappa shape index (κ2) is 9.58. The molecule has 1 aliphatic rings. The molecule has 32 heavy (non-hydrogen) atoms. The van der Waals surface area contributed by atoms with Gasteiger partial charge in [-0.1, -0.05) is 59.1 Å². The molecule has 0 aliphatic carbocycles. The lowest BCUT2D eigenvalue weighted by molar-refractivity contribution is 0.0102. The molecule has 1 saturated heterocycles. The minimum Gasteiger partial charge on any atom is -0.384 e. The topological polar surface area (TPSA) is 26.7 Å². The van der Waals surface area contributed by atoms with Gasteiger partial charge in [-0.25, -0.2) is 4.39 Å². The van der Waals surface area contributed by atoms with Crippen LogP contribution in [0.3, 0.4) is 0 Å². The Hall–Kier alpha value is -1.82. The van der Waals surface area contributed by atoms with Gasteiger partial charge in [0.2, 0.25) is 0 Å². The number of rotatable bonds is 5. The minimum atomic E-state index is -1.11. The summed E-state index contributed by atoms with van der Waals surface area (Å²) in [6.07, 6.45) is 0. The Kier molecular flexibility index (Phi) is 6.99. The van der Waals surface area contributed by atoms with Crippen molar-refractivity contribution in [2.24, 2.45) is 0 Å². The van der Waals surface area contributed by atoms with Crippen LogP contribution in [0.5, 0.6) is 0 Å². The number of benzene rings is 3. The molecule has 1 aliphatic heterocycles. The summed E-state index contributed by atoms with van der Waals surface area (Å²) in [5.74, 6) is -0.319. The Balaban J connectivity index is 1.61. The third-order valence-electron chi connectivity index (χ3n) is 5.94.